The van der Waals surface area contributed by atoms with E-state index >= 15 is 0 Å². The molecule has 0 fully saturated rings. The van der Waals surface area contributed by atoms with E-state index in [1.54, 1.807) is 6.08 Å². The minimum Gasteiger partial charge on any atom is -0.382 e. The van der Waals surface area contributed by atoms with Crippen LogP contribution in [0, 0.1) is 0 Å². The fourth-order valence-electron chi connectivity index (χ4n) is 3.08. The Hall–Kier alpha value is -3.12. The second kappa shape index (κ2) is 9.59. The number of hydrogen-bond acceptors (Lipinski definition) is 5. The molecule has 0 aliphatic carbocycles. The van der Waals surface area contributed by atoms with Gasteiger partial charge < -0.3 is 5.73 Å². The van der Waals surface area contributed by atoms with E-state index in [0.717, 1.165) is 55.7 Å². The highest BCUT2D eigenvalue weighted by molar-refractivity contribution is 7.26. The number of nitrogen functional groups attached to an aromatic ring is 1. The zero-order valence-electron chi connectivity index (χ0n) is 17.4. The smallest absolute Gasteiger partial charge is 0.144 e. The summed E-state index contributed by atoms with van der Waals surface area (Å²) in [6.07, 6.45) is 14.4. The Kier molecular flexibility index (Phi) is 6.90. The Morgan fingerprint density at radius 1 is 1.23 bits per heavy atom. The zero-order valence-corrected chi connectivity index (χ0v) is 18.3. The van der Waals surface area contributed by atoms with Crippen molar-refractivity contribution in [2.24, 2.45) is 0 Å². The summed E-state index contributed by atoms with van der Waals surface area (Å²) in [7, 11) is 0. The van der Waals surface area contributed by atoms with Crippen molar-refractivity contribution in [3.05, 3.63) is 72.5 Å². The number of nitrogens with zero attached hydrogens (tertiary/aromatic N) is 3. The van der Waals surface area contributed by atoms with Crippen LogP contribution >= 0.6 is 11.3 Å². The molecule has 0 aliphatic rings. The maximum absolute atomic E-state index is 13.3. The van der Waals surface area contributed by atoms with Crippen LogP contribution < -0.4 is 5.73 Å². The SMILES string of the molecule is C=C(C=CC=CCC)c1cc(C(=CC=C(C)F)CC)nc2sc3c(N)ncnc3c12. The molecule has 2 N–H and O–H groups in total. The lowest BCUT2D eigenvalue weighted by Gasteiger charge is -2.09. The maximum atomic E-state index is 13.3. The molecule has 6 heteroatoms. The molecular weight excluding hydrogens is 395 g/mol. The van der Waals surface area contributed by atoms with Gasteiger partial charge in [-0.05, 0) is 48.6 Å². The number of halogens is 1. The summed E-state index contributed by atoms with van der Waals surface area (Å²) in [5.41, 5.74) is 10.4. The summed E-state index contributed by atoms with van der Waals surface area (Å²) in [6.45, 7) is 9.81. The maximum Gasteiger partial charge on any atom is 0.144 e. The number of thiophene rings is 1. The van der Waals surface area contributed by atoms with E-state index in [1.807, 2.05) is 31.2 Å². The van der Waals surface area contributed by atoms with Crippen LogP contribution in [0.15, 0.2) is 61.3 Å². The minimum absolute atomic E-state index is 0.248. The third-order valence-electron chi connectivity index (χ3n) is 4.60. The summed E-state index contributed by atoms with van der Waals surface area (Å²) in [4.78, 5) is 14.2. The van der Waals surface area contributed by atoms with Gasteiger partial charge in [0.15, 0.2) is 0 Å². The van der Waals surface area contributed by atoms with Crippen LogP contribution in [-0.4, -0.2) is 15.0 Å². The number of pyridine rings is 1. The Balaban J connectivity index is 2.28. The predicted molar refractivity (Wildman–Crippen MR) is 128 cm³/mol. The molecule has 3 aromatic rings. The Labute approximate surface area is 180 Å². The van der Waals surface area contributed by atoms with Gasteiger partial charge >= 0.3 is 0 Å². The first-order valence-corrected chi connectivity index (χ1v) is 10.7. The van der Waals surface area contributed by atoms with Crippen LogP contribution in [-0.2, 0) is 0 Å². The van der Waals surface area contributed by atoms with Crippen molar-refractivity contribution < 1.29 is 4.39 Å². The second-order valence-corrected chi connectivity index (χ2v) is 7.79. The van der Waals surface area contributed by atoms with Crippen LogP contribution in [0.5, 0.6) is 0 Å². The van der Waals surface area contributed by atoms with Crippen molar-refractivity contribution in [1.29, 1.82) is 0 Å². The van der Waals surface area contributed by atoms with Gasteiger partial charge in [0.1, 0.15) is 17.0 Å². The molecule has 0 atom stereocenters. The molecule has 3 heterocycles. The molecule has 0 unspecified atom stereocenters. The third-order valence-corrected chi connectivity index (χ3v) is 5.70. The molecule has 30 heavy (non-hydrogen) atoms. The van der Waals surface area contributed by atoms with Crippen LogP contribution in [0.25, 0.3) is 31.6 Å². The number of fused-ring (bicyclic) bond motifs is 3. The van der Waals surface area contributed by atoms with Gasteiger partial charge in [-0.2, -0.15) is 0 Å². The van der Waals surface area contributed by atoms with Crippen molar-refractivity contribution in [1.82, 2.24) is 15.0 Å². The number of rotatable bonds is 7. The van der Waals surface area contributed by atoms with E-state index in [4.69, 9.17) is 10.7 Å². The fourth-order valence-corrected chi connectivity index (χ4v) is 4.14. The summed E-state index contributed by atoms with van der Waals surface area (Å²) >= 11 is 1.46. The van der Waals surface area contributed by atoms with E-state index in [1.165, 1.54) is 30.7 Å². The molecule has 0 radical (unpaired) electrons. The van der Waals surface area contributed by atoms with Gasteiger partial charge in [0.05, 0.1) is 21.7 Å². The molecule has 3 rings (SSSR count). The van der Waals surface area contributed by atoms with Gasteiger partial charge in [-0.3, -0.25) is 0 Å². The monoisotopic (exact) mass is 420 g/mol. The van der Waals surface area contributed by atoms with E-state index in [-0.39, 0.29) is 5.83 Å². The molecule has 0 saturated carbocycles. The van der Waals surface area contributed by atoms with Gasteiger partial charge in [0.2, 0.25) is 0 Å². The Bertz CT molecular complexity index is 1210. The Morgan fingerprint density at radius 3 is 2.73 bits per heavy atom. The van der Waals surface area contributed by atoms with Crippen LogP contribution in [0.4, 0.5) is 10.2 Å². The first kappa shape index (κ1) is 21.6. The van der Waals surface area contributed by atoms with Crippen LogP contribution in [0.3, 0.4) is 0 Å². The van der Waals surface area contributed by atoms with Crippen molar-refractivity contribution in [2.75, 3.05) is 5.73 Å². The van der Waals surface area contributed by atoms with Crippen molar-refractivity contribution in [3.8, 4) is 0 Å². The average Bonchev–Trinajstić information content (AvgIpc) is 3.11. The first-order valence-electron chi connectivity index (χ1n) is 9.85. The van der Waals surface area contributed by atoms with Crippen molar-refractivity contribution >= 4 is 48.7 Å². The molecule has 4 nitrogen and oxygen atoms in total. The number of allylic oxidation sites excluding steroid dienone is 9. The third kappa shape index (κ3) is 4.54. The van der Waals surface area contributed by atoms with Gasteiger partial charge in [-0.1, -0.05) is 50.8 Å². The number of anilines is 1. The highest BCUT2D eigenvalue weighted by atomic mass is 32.1. The number of aromatic nitrogens is 3. The van der Waals surface area contributed by atoms with Crippen molar-refractivity contribution in [2.45, 2.75) is 33.6 Å². The zero-order chi connectivity index (χ0) is 21.7. The van der Waals surface area contributed by atoms with Gasteiger partial charge in [-0.25, -0.2) is 19.3 Å². The lowest BCUT2D eigenvalue weighted by atomic mass is 9.99. The predicted octanol–water partition coefficient (Wildman–Crippen LogP) is 7.02. The molecule has 0 amide bonds. The first-order chi connectivity index (χ1) is 14.5. The molecule has 0 saturated heterocycles. The number of nitrogens with two attached hydrogens (primary N) is 1. The standard InChI is InChI=1S/C24H25FN4S/c1-5-7-8-9-10-15(3)18-13-19(17(6-2)12-11-16(4)25)29-24-20(18)21-22(30-24)23(26)28-14-27-21/h7-14H,3,5-6H2,1-2,4H3,(H2,26,27,28). The molecule has 3 aromatic heterocycles. The average molecular weight is 421 g/mol. The summed E-state index contributed by atoms with van der Waals surface area (Å²) in [5, 5.41) is 0.912. The normalized spacial score (nSPS) is 13.3. The van der Waals surface area contributed by atoms with E-state index in [2.05, 4.69) is 29.5 Å². The molecule has 0 aromatic carbocycles. The molecule has 154 valence electrons. The lowest BCUT2D eigenvalue weighted by Crippen LogP contribution is -1.94. The molecule has 0 bridgehead atoms. The summed E-state index contributed by atoms with van der Waals surface area (Å²) in [6, 6.07) is 2.00. The second-order valence-electron chi connectivity index (χ2n) is 6.79. The largest absolute Gasteiger partial charge is 0.382 e. The lowest BCUT2D eigenvalue weighted by molar-refractivity contribution is 0.640. The highest BCUT2D eigenvalue weighted by Gasteiger charge is 2.17. The minimum atomic E-state index is -0.248. The molecule has 0 spiro atoms. The number of hydrogen-bond donors (Lipinski definition) is 1. The summed E-state index contributed by atoms with van der Waals surface area (Å²) < 4.78 is 14.1. The summed E-state index contributed by atoms with van der Waals surface area (Å²) in [5.74, 6) is 0.187. The molecule has 0 aliphatic heterocycles. The van der Waals surface area contributed by atoms with Crippen LogP contribution in [0.2, 0.25) is 0 Å². The quantitative estimate of drug-likeness (QED) is 0.417. The highest BCUT2D eigenvalue weighted by Crippen LogP contribution is 2.39. The van der Waals surface area contributed by atoms with Crippen LogP contribution in [0.1, 0.15) is 44.9 Å². The van der Waals surface area contributed by atoms with Gasteiger partial charge in [0, 0.05) is 5.39 Å². The fraction of sp³-hybridized carbons (Fsp3) is 0.208. The topological polar surface area (TPSA) is 64.7 Å². The van der Waals surface area contributed by atoms with E-state index < -0.39 is 0 Å². The van der Waals surface area contributed by atoms with Gasteiger partial charge in [-0.15, -0.1) is 11.3 Å². The van der Waals surface area contributed by atoms with E-state index in [9.17, 15) is 4.39 Å². The van der Waals surface area contributed by atoms with Crippen molar-refractivity contribution in [3.63, 3.8) is 0 Å². The van der Waals surface area contributed by atoms with E-state index in [0.29, 0.717) is 5.82 Å². The van der Waals surface area contributed by atoms with Gasteiger partial charge in [0.25, 0.3) is 0 Å². The Morgan fingerprint density at radius 2 is 2.03 bits per heavy atom. The molecular formula is C24H25FN4S.